The molecule has 1 saturated heterocycles. The van der Waals surface area contributed by atoms with Gasteiger partial charge in [0, 0.05) is 31.7 Å². The minimum Gasteiger partial charge on any atom is -0.335 e. The second-order valence-electron chi connectivity index (χ2n) is 6.27. The molecule has 1 aliphatic rings. The van der Waals surface area contributed by atoms with Crippen molar-refractivity contribution < 1.29 is 22.8 Å². The van der Waals surface area contributed by atoms with Gasteiger partial charge in [-0.1, -0.05) is 29.8 Å². The highest BCUT2D eigenvalue weighted by atomic mass is 35.5. The summed E-state index contributed by atoms with van der Waals surface area (Å²) in [6.07, 6.45) is -4.53. The Bertz CT molecular complexity index is 866. The van der Waals surface area contributed by atoms with E-state index in [1.807, 2.05) is 6.07 Å². The number of urea groups is 1. The Balaban J connectivity index is 1.61. The minimum absolute atomic E-state index is 0.0132. The Hall–Kier alpha value is -2.74. The van der Waals surface area contributed by atoms with E-state index in [0.717, 1.165) is 18.2 Å². The Labute approximate surface area is 164 Å². The lowest BCUT2D eigenvalue weighted by Gasteiger charge is -2.34. The van der Waals surface area contributed by atoms with Gasteiger partial charge in [-0.3, -0.25) is 4.79 Å². The molecule has 0 atom stereocenters. The molecule has 28 heavy (non-hydrogen) atoms. The van der Waals surface area contributed by atoms with Crippen LogP contribution in [0.4, 0.5) is 23.7 Å². The highest BCUT2D eigenvalue weighted by Gasteiger charge is 2.31. The molecular weight excluding hydrogens is 395 g/mol. The number of hydrogen-bond acceptors (Lipinski definition) is 2. The summed E-state index contributed by atoms with van der Waals surface area (Å²) in [4.78, 5) is 27.9. The van der Waals surface area contributed by atoms with Crippen molar-refractivity contribution in [2.24, 2.45) is 0 Å². The highest BCUT2D eigenvalue weighted by molar-refractivity contribution is 6.33. The van der Waals surface area contributed by atoms with Crippen LogP contribution in [0.2, 0.25) is 5.02 Å². The molecule has 0 aliphatic carbocycles. The van der Waals surface area contributed by atoms with E-state index in [9.17, 15) is 22.8 Å². The van der Waals surface area contributed by atoms with Gasteiger partial charge >= 0.3 is 12.2 Å². The maximum absolute atomic E-state index is 12.8. The average Bonchev–Trinajstić information content (AvgIpc) is 2.69. The summed E-state index contributed by atoms with van der Waals surface area (Å²) in [5.74, 6) is -0.124. The first-order valence-electron chi connectivity index (χ1n) is 8.53. The summed E-state index contributed by atoms with van der Waals surface area (Å²) in [6, 6.07) is 11.0. The molecule has 0 spiro atoms. The first-order valence-corrected chi connectivity index (χ1v) is 8.90. The van der Waals surface area contributed by atoms with Crippen molar-refractivity contribution >= 4 is 29.2 Å². The van der Waals surface area contributed by atoms with Gasteiger partial charge in [-0.05, 0) is 30.3 Å². The van der Waals surface area contributed by atoms with E-state index < -0.39 is 17.8 Å². The summed E-state index contributed by atoms with van der Waals surface area (Å²) >= 11 is 5.91. The number of nitrogens with one attached hydrogen (secondary N) is 1. The van der Waals surface area contributed by atoms with E-state index in [0.29, 0.717) is 18.7 Å². The largest absolute Gasteiger partial charge is 0.416 e. The minimum atomic E-state index is -4.53. The van der Waals surface area contributed by atoms with Crippen LogP contribution in [0.3, 0.4) is 0 Å². The molecule has 2 aromatic carbocycles. The maximum atomic E-state index is 12.8. The van der Waals surface area contributed by atoms with Gasteiger partial charge in [0.15, 0.2) is 0 Å². The van der Waals surface area contributed by atoms with E-state index in [-0.39, 0.29) is 29.7 Å². The monoisotopic (exact) mass is 411 g/mol. The van der Waals surface area contributed by atoms with Crippen LogP contribution < -0.4 is 5.32 Å². The lowest BCUT2D eigenvalue weighted by Crippen LogP contribution is -2.51. The SMILES string of the molecule is O=C(Nc1cc(C(F)(F)F)ccc1Cl)N1CCN(C(=O)c2ccccc2)CC1. The number of halogens is 4. The lowest BCUT2D eigenvalue weighted by molar-refractivity contribution is -0.137. The molecule has 0 saturated carbocycles. The number of carbonyl (C=O) groups excluding carboxylic acids is 2. The van der Waals surface area contributed by atoms with Crippen LogP contribution >= 0.6 is 11.6 Å². The zero-order chi connectivity index (χ0) is 20.3. The number of rotatable bonds is 2. The molecule has 0 radical (unpaired) electrons. The lowest BCUT2D eigenvalue weighted by atomic mass is 10.2. The number of piperazine rings is 1. The van der Waals surface area contributed by atoms with Crippen LogP contribution in [-0.2, 0) is 6.18 Å². The molecule has 1 fully saturated rings. The van der Waals surface area contributed by atoms with E-state index in [1.165, 1.54) is 4.90 Å². The molecule has 0 bridgehead atoms. The fourth-order valence-electron chi connectivity index (χ4n) is 2.87. The predicted octanol–water partition coefficient (Wildman–Crippen LogP) is 4.35. The number of nitrogens with zero attached hydrogens (tertiary/aromatic N) is 2. The van der Waals surface area contributed by atoms with Crippen LogP contribution in [0.5, 0.6) is 0 Å². The van der Waals surface area contributed by atoms with Crippen molar-refractivity contribution in [1.29, 1.82) is 0 Å². The molecule has 0 aromatic heterocycles. The van der Waals surface area contributed by atoms with Gasteiger partial charge in [0.2, 0.25) is 0 Å². The van der Waals surface area contributed by atoms with Gasteiger partial charge < -0.3 is 15.1 Å². The van der Waals surface area contributed by atoms with E-state index in [1.54, 1.807) is 29.2 Å². The van der Waals surface area contributed by atoms with Crippen LogP contribution in [0, 0.1) is 0 Å². The van der Waals surface area contributed by atoms with Crippen LogP contribution in [0.1, 0.15) is 15.9 Å². The number of amides is 3. The van der Waals surface area contributed by atoms with Gasteiger partial charge in [-0.25, -0.2) is 4.79 Å². The second kappa shape index (κ2) is 8.10. The van der Waals surface area contributed by atoms with Gasteiger partial charge in [0.25, 0.3) is 5.91 Å². The molecular formula is C19H17ClF3N3O2. The van der Waals surface area contributed by atoms with Crippen molar-refractivity contribution in [3.05, 3.63) is 64.7 Å². The zero-order valence-corrected chi connectivity index (χ0v) is 15.4. The smallest absolute Gasteiger partial charge is 0.335 e. The molecule has 2 aromatic rings. The van der Waals surface area contributed by atoms with Crippen molar-refractivity contribution in [3.63, 3.8) is 0 Å². The van der Waals surface area contributed by atoms with Gasteiger partial charge in [-0.2, -0.15) is 13.2 Å². The van der Waals surface area contributed by atoms with E-state index >= 15 is 0 Å². The molecule has 1 N–H and O–H groups in total. The van der Waals surface area contributed by atoms with Gasteiger partial charge in [-0.15, -0.1) is 0 Å². The number of alkyl halides is 3. The maximum Gasteiger partial charge on any atom is 0.416 e. The number of hydrogen-bond donors (Lipinski definition) is 1. The summed E-state index contributed by atoms with van der Waals surface area (Å²) in [6.45, 7) is 1.19. The Kier molecular flexibility index (Phi) is 5.79. The molecule has 0 unspecified atom stereocenters. The van der Waals surface area contributed by atoms with Gasteiger partial charge in [0.1, 0.15) is 0 Å². The normalized spacial score (nSPS) is 14.7. The topological polar surface area (TPSA) is 52.7 Å². The molecule has 3 rings (SSSR count). The number of carbonyl (C=O) groups is 2. The zero-order valence-electron chi connectivity index (χ0n) is 14.7. The molecule has 5 nitrogen and oxygen atoms in total. The molecule has 9 heteroatoms. The summed E-state index contributed by atoms with van der Waals surface area (Å²) in [7, 11) is 0. The van der Waals surface area contributed by atoms with Gasteiger partial charge in [0.05, 0.1) is 16.3 Å². The average molecular weight is 412 g/mol. The Morgan fingerprint density at radius 1 is 0.929 bits per heavy atom. The molecule has 3 amide bonds. The number of benzene rings is 2. The van der Waals surface area contributed by atoms with Crippen molar-refractivity contribution in [1.82, 2.24) is 9.80 Å². The van der Waals surface area contributed by atoms with Crippen LogP contribution in [0.15, 0.2) is 48.5 Å². The first kappa shape index (κ1) is 20.0. The summed E-state index contributed by atoms with van der Waals surface area (Å²) in [5, 5.41) is 2.43. The van der Waals surface area contributed by atoms with E-state index in [2.05, 4.69) is 5.32 Å². The highest BCUT2D eigenvalue weighted by Crippen LogP contribution is 2.33. The Morgan fingerprint density at radius 3 is 2.14 bits per heavy atom. The number of anilines is 1. The van der Waals surface area contributed by atoms with Crippen molar-refractivity contribution in [2.45, 2.75) is 6.18 Å². The van der Waals surface area contributed by atoms with Crippen molar-refractivity contribution in [3.8, 4) is 0 Å². The predicted molar refractivity (Wildman–Crippen MR) is 99.4 cm³/mol. The molecule has 1 aliphatic heterocycles. The Morgan fingerprint density at radius 2 is 1.54 bits per heavy atom. The first-order chi connectivity index (χ1) is 13.3. The van der Waals surface area contributed by atoms with Crippen LogP contribution in [-0.4, -0.2) is 47.9 Å². The fourth-order valence-corrected chi connectivity index (χ4v) is 3.03. The molecule has 1 heterocycles. The fraction of sp³-hybridized carbons (Fsp3) is 0.263. The third-order valence-electron chi connectivity index (χ3n) is 4.41. The second-order valence-corrected chi connectivity index (χ2v) is 6.68. The van der Waals surface area contributed by atoms with Crippen LogP contribution in [0.25, 0.3) is 0 Å². The third-order valence-corrected chi connectivity index (χ3v) is 4.74. The molecule has 148 valence electrons. The van der Waals surface area contributed by atoms with E-state index in [4.69, 9.17) is 11.6 Å². The quantitative estimate of drug-likeness (QED) is 0.798. The standard InChI is InChI=1S/C19H17ClF3N3O2/c20-15-7-6-14(19(21,22)23)12-16(15)24-18(28)26-10-8-25(9-11-26)17(27)13-4-2-1-3-5-13/h1-7,12H,8-11H2,(H,24,28). The third kappa shape index (κ3) is 4.56. The summed E-state index contributed by atoms with van der Waals surface area (Å²) < 4.78 is 38.5. The summed E-state index contributed by atoms with van der Waals surface area (Å²) in [5.41, 5.74) is -0.439. The van der Waals surface area contributed by atoms with Crippen molar-refractivity contribution in [2.75, 3.05) is 31.5 Å².